The van der Waals surface area contributed by atoms with E-state index in [-0.39, 0.29) is 10.8 Å². The maximum Gasteiger partial charge on any atom is 0.247 e. The quantitative estimate of drug-likeness (QED) is 0.397. The maximum atomic E-state index is 11.2. The number of fused-ring (bicyclic) bond motifs is 3. The topological polar surface area (TPSA) is 80.2 Å². The molecule has 0 saturated heterocycles. The van der Waals surface area contributed by atoms with Crippen molar-refractivity contribution in [2.24, 2.45) is 0 Å². The summed E-state index contributed by atoms with van der Waals surface area (Å²) >= 11 is 1.57. The first-order chi connectivity index (χ1) is 16.0. The smallest absolute Gasteiger partial charge is 0.247 e. The lowest BCUT2D eigenvalue weighted by molar-refractivity contribution is 0.224. The average molecular weight is 479 g/mol. The van der Waals surface area contributed by atoms with Gasteiger partial charge in [0.25, 0.3) is 0 Å². The number of anilines is 1. The summed E-state index contributed by atoms with van der Waals surface area (Å²) in [4.78, 5) is 4.72. The standard InChI is InChI=1S/C27H34N4O2S/c1-8-13-34-25-29-24-21(30-31-25)17-11-9-10-12-20(17)28-23(33-24)16-14-18(26(2,3)4)22(32)19(15-16)27(5,6)7/h9-12,14-15,23,28,32H,8,13H2,1-7H3. The zero-order valence-electron chi connectivity index (χ0n) is 21.1. The van der Waals surface area contributed by atoms with Crippen molar-refractivity contribution in [2.45, 2.75) is 77.1 Å². The minimum absolute atomic E-state index is 0.242. The van der Waals surface area contributed by atoms with Gasteiger partial charge in [-0.15, -0.1) is 10.2 Å². The molecule has 7 heteroatoms. The molecule has 6 nitrogen and oxygen atoms in total. The number of phenolic OH excluding ortho intramolecular Hbond substituents is 1. The Morgan fingerprint density at radius 3 is 2.26 bits per heavy atom. The van der Waals surface area contributed by atoms with Gasteiger partial charge in [0.1, 0.15) is 5.75 Å². The Morgan fingerprint density at radius 2 is 1.65 bits per heavy atom. The van der Waals surface area contributed by atoms with Gasteiger partial charge in [0.15, 0.2) is 11.9 Å². The summed E-state index contributed by atoms with van der Waals surface area (Å²) in [6, 6.07) is 12.0. The molecule has 0 spiro atoms. The first kappa shape index (κ1) is 24.3. The van der Waals surface area contributed by atoms with Gasteiger partial charge in [-0.1, -0.05) is 78.4 Å². The van der Waals surface area contributed by atoms with Crippen LogP contribution in [0.25, 0.3) is 11.3 Å². The predicted molar refractivity (Wildman–Crippen MR) is 139 cm³/mol. The maximum absolute atomic E-state index is 11.2. The monoisotopic (exact) mass is 478 g/mol. The van der Waals surface area contributed by atoms with Crippen molar-refractivity contribution in [1.29, 1.82) is 0 Å². The van der Waals surface area contributed by atoms with Crippen molar-refractivity contribution < 1.29 is 9.84 Å². The van der Waals surface area contributed by atoms with E-state index in [1.807, 2.05) is 36.4 Å². The first-order valence-corrected chi connectivity index (χ1v) is 12.8. The number of aromatic nitrogens is 3. The molecule has 0 amide bonds. The largest absolute Gasteiger partial charge is 0.507 e. The normalized spacial score (nSPS) is 15.6. The van der Waals surface area contributed by atoms with Crippen LogP contribution in [0.4, 0.5) is 5.69 Å². The number of rotatable bonds is 4. The summed E-state index contributed by atoms with van der Waals surface area (Å²) < 4.78 is 6.50. The molecule has 1 aliphatic heterocycles. The minimum Gasteiger partial charge on any atom is -0.507 e. The molecular weight excluding hydrogens is 444 g/mol. The van der Waals surface area contributed by atoms with Crippen LogP contribution < -0.4 is 10.1 Å². The van der Waals surface area contributed by atoms with Gasteiger partial charge in [0.05, 0.1) is 0 Å². The highest BCUT2D eigenvalue weighted by atomic mass is 32.2. The van der Waals surface area contributed by atoms with E-state index in [0.29, 0.717) is 22.5 Å². The van der Waals surface area contributed by atoms with Crippen LogP contribution in [0.3, 0.4) is 0 Å². The van der Waals surface area contributed by atoms with Crippen LogP contribution in [0.15, 0.2) is 41.6 Å². The van der Waals surface area contributed by atoms with Crippen LogP contribution in [0.2, 0.25) is 0 Å². The lowest BCUT2D eigenvalue weighted by atomic mass is 9.78. The molecule has 4 rings (SSSR count). The second-order valence-corrected chi connectivity index (χ2v) is 11.8. The fourth-order valence-corrected chi connectivity index (χ4v) is 4.64. The zero-order chi connectivity index (χ0) is 24.7. The van der Waals surface area contributed by atoms with Gasteiger partial charge in [-0.25, -0.2) is 0 Å². The van der Waals surface area contributed by atoms with E-state index in [1.54, 1.807) is 11.8 Å². The molecule has 0 bridgehead atoms. The molecule has 2 heterocycles. The van der Waals surface area contributed by atoms with Crippen molar-refractivity contribution in [1.82, 2.24) is 15.2 Å². The molecule has 0 radical (unpaired) electrons. The Kier molecular flexibility index (Phi) is 6.51. The minimum atomic E-state index is -0.508. The summed E-state index contributed by atoms with van der Waals surface area (Å²) in [7, 11) is 0. The fourth-order valence-electron chi connectivity index (χ4n) is 4.00. The molecule has 0 saturated carbocycles. The molecular formula is C27H34N4O2S. The van der Waals surface area contributed by atoms with Gasteiger partial charge in [0, 0.05) is 33.7 Å². The van der Waals surface area contributed by atoms with Crippen molar-refractivity contribution in [2.75, 3.05) is 11.1 Å². The van der Waals surface area contributed by atoms with E-state index in [2.05, 4.69) is 64.0 Å². The molecule has 1 aromatic heterocycles. The summed E-state index contributed by atoms with van der Waals surface area (Å²) in [6.45, 7) is 14.8. The number of nitrogens with zero attached hydrogens (tertiary/aromatic N) is 3. The van der Waals surface area contributed by atoms with E-state index in [9.17, 15) is 5.11 Å². The number of benzene rings is 2. The molecule has 2 N–H and O–H groups in total. The molecule has 3 aromatic rings. The molecule has 34 heavy (non-hydrogen) atoms. The van der Waals surface area contributed by atoms with Gasteiger partial charge >= 0.3 is 0 Å². The Labute approximate surface area is 206 Å². The Balaban J connectivity index is 1.88. The highest BCUT2D eigenvalue weighted by Crippen LogP contribution is 2.44. The zero-order valence-corrected chi connectivity index (χ0v) is 21.9. The Hall–Kier alpha value is -2.80. The molecule has 1 atom stereocenters. The van der Waals surface area contributed by atoms with E-state index in [1.165, 1.54) is 0 Å². The van der Waals surface area contributed by atoms with Gasteiger partial charge in [0.2, 0.25) is 11.0 Å². The molecule has 180 valence electrons. The van der Waals surface area contributed by atoms with Crippen molar-refractivity contribution in [3.8, 4) is 22.9 Å². The van der Waals surface area contributed by atoms with Crippen LogP contribution in [-0.2, 0) is 10.8 Å². The number of hydrogen-bond donors (Lipinski definition) is 2. The number of para-hydroxylation sites is 1. The molecule has 1 unspecified atom stereocenters. The van der Waals surface area contributed by atoms with Crippen LogP contribution >= 0.6 is 11.8 Å². The summed E-state index contributed by atoms with van der Waals surface area (Å²) in [5.41, 5.74) is 4.64. The van der Waals surface area contributed by atoms with Crippen LogP contribution in [-0.4, -0.2) is 26.0 Å². The fraction of sp³-hybridized carbons (Fsp3) is 0.444. The van der Waals surface area contributed by atoms with Crippen LogP contribution in [0.5, 0.6) is 11.6 Å². The highest BCUT2D eigenvalue weighted by Gasteiger charge is 2.31. The van der Waals surface area contributed by atoms with Gasteiger partial charge in [-0.3, -0.25) is 0 Å². The van der Waals surface area contributed by atoms with E-state index >= 15 is 0 Å². The molecule has 2 aromatic carbocycles. The summed E-state index contributed by atoms with van der Waals surface area (Å²) in [5.74, 6) is 1.72. The first-order valence-electron chi connectivity index (χ1n) is 11.8. The van der Waals surface area contributed by atoms with E-state index < -0.39 is 6.23 Å². The lowest BCUT2D eigenvalue weighted by Crippen LogP contribution is -2.22. The Bertz CT molecular complexity index is 1160. The van der Waals surface area contributed by atoms with Gasteiger partial charge in [-0.05, 0) is 35.4 Å². The number of nitrogens with one attached hydrogen (secondary N) is 1. The summed E-state index contributed by atoms with van der Waals surface area (Å²) in [5, 5.41) is 24.2. The third-order valence-corrected chi connectivity index (χ3v) is 6.86. The SMILES string of the molecule is CCCSc1nnc2c(n1)OC(c1cc(C(C)(C)C)c(O)c(C(C)(C)C)c1)Nc1ccccc1-2. The molecule has 1 aliphatic rings. The van der Waals surface area contributed by atoms with Gasteiger partial charge < -0.3 is 15.2 Å². The highest BCUT2D eigenvalue weighted by molar-refractivity contribution is 7.99. The second-order valence-electron chi connectivity index (χ2n) is 10.7. The van der Waals surface area contributed by atoms with E-state index in [4.69, 9.17) is 9.72 Å². The lowest BCUT2D eigenvalue weighted by Gasteiger charge is -2.30. The predicted octanol–water partition coefficient (Wildman–Crippen LogP) is 6.84. The summed E-state index contributed by atoms with van der Waals surface area (Å²) in [6.07, 6.45) is 0.517. The van der Waals surface area contributed by atoms with Crippen LogP contribution in [0.1, 0.15) is 77.8 Å². The molecule has 0 fully saturated rings. The number of aromatic hydroxyl groups is 1. The van der Waals surface area contributed by atoms with Crippen LogP contribution in [0, 0.1) is 0 Å². The van der Waals surface area contributed by atoms with Gasteiger partial charge in [-0.2, -0.15) is 4.98 Å². The second kappa shape index (κ2) is 9.10. The average Bonchev–Trinajstić information content (AvgIpc) is 2.92. The van der Waals surface area contributed by atoms with Crippen molar-refractivity contribution >= 4 is 17.4 Å². The molecule has 0 aliphatic carbocycles. The van der Waals surface area contributed by atoms with E-state index in [0.717, 1.165) is 40.1 Å². The Morgan fingerprint density at radius 1 is 1.00 bits per heavy atom. The van der Waals surface area contributed by atoms with Crippen molar-refractivity contribution in [3.05, 3.63) is 53.1 Å². The number of hydrogen-bond acceptors (Lipinski definition) is 7. The third-order valence-electron chi connectivity index (χ3n) is 5.82. The number of phenols is 1. The van der Waals surface area contributed by atoms with Crippen molar-refractivity contribution in [3.63, 3.8) is 0 Å². The third kappa shape index (κ3) is 4.85. The number of ether oxygens (including phenoxy) is 1. The number of thioether (sulfide) groups is 1.